The fraction of sp³-hybridized carbons (Fsp3) is 0.263. The Morgan fingerprint density at radius 3 is 2.48 bits per heavy atom. The van der Waals surface area contributed by atoms with E-state index in [1.807, 2.05) is 43.3 Å². The molecule has 1 aromatic heterocycles. The van der Waals surface area contributed by atoms with Gasteiger partial charge in [-0.25, -0.2) is 0 Å². The Balaban J connectivity index is 1.67. The fourth-order valence-corrected chi connectivity index (χ4v) is 2.33. The minimum Gasteiger partial charge on any atom is -0.485 e. The van der Waals surface area contributed by atoms with Gasteiger partial charge in [0.2, 0.25) is 5.82 Å². The Labute approximate surface area is 136 Å². The van der Waals surface area contributed by atoms with Crippen molar-refractivity contribution in [3.63, 3.8) is 0 Å². The van der Waals surface area contributed by atoms with Crippen LogP contribution in [0.15, 0.2) is 53.1 Å². The lowest BCUT2D eigenvalue weighted by Gasteiger charge is -2.07. The average Bonchev–Trinajstić information content (AvgIpc) is 3.02. The van der Waals surface area contributed by atoms with Gasteiger partial charge in [-0.15, -0.1) is 0 Å². The molecule has 0 atom stereocenters. The van der Waals surface area contributed by atoms with Crippen molar-refractivity contribution >= 4 is 0 Å². The molecule has 0 aliphatic rings. The molecule has 4 nitrogen and oxygen atoms in total. The van der Waals surface area contributed by atoms with E-state index in [0.717, 1.165) is 16.9 Å². The molecule has 4 heteroatoms. The molecule has 0 bridgehead atoms. The molecule has 0 unspecified atom stereocenters. The van der Waals surface area contributed by atoms with Crippen molar-refractivity contribution < 1.29 is 9.26 Å². The van der Waals surface area contributed by atoms with Crippen molar-refractivity contribution in [3.8, 4) is 17.2 Å². The van der Waals surface area contributed by atoms with Gasteiger partial charge in [0.1, 0.15) is 5.75 Å². The van der Waals surface area contributed by atoms with Gasteiger partial charge in [0.05, 0.1) is 0 Å². The monoisotopic (exact) mass is 308 g/mol. The van der Waals surface area contributed by atoms with Gasteiger partial charge in [-0.05, 0) is 42.2 Å². The van der Waals surface area contributed by atoms with Crippen LogP contribution in [0.4, 0.5) is 0 Å². The molecule has 0 N–H and O–H groups in total. The molecule has 0 fully saturated rings. The number of ether oxygens (including phenoxy) is 1. The maximum Gasteiger partial charge on any atom is 0.258 e. The zero-order chi connectivity index (χ0) is 16.2. The third-order valence-corrected chi connectivity index (χ3v) is 3.76. The normalized spacial score (nSPS) is 11.0. The first-order valence-corrected chi connectivity index (χ1v) is 7.75. The highest BCUT2D eigenvalue weighted by Crippen LogP contribution is 2.22. The van der Waals surface area contributed by atoms with Gasteiger partial charge in [-0.1, -0.05) is 49.3 Å². The molecule has 23 heavy (non-hydrogen) atoms. The van der Waals surface area contributed by atoms with E-state index in [1.54, 1.807) is 0 Å². The maximum absolute atomic E-state index is 5.72. The van der Waals surface area contributed by atoms with Gasteiger partial charge >= 0.3 is 0 Å². The van der Waals surface area contributed by atoms with Crippen LogP contribution < -0.4 is 4.74 Å². The lowest BCUT2D eigenvalue weighted by Crippen LogP contribution is -1.98. The van der Waals surface area contributed by atoms with E-state index in [4.69, 9.17) is 9.26 Å². The molecule has 3 rings (SSSR count). The molecule has 0 radical (unpaired) electrons. The summed E-state index contributed by atoms with van der Waals surface area (Å²) in [5.41, 5.74) is 3.35. The van der Waals surface area contributed by atoms with Crippen molar-refractivity contribution in [2.45, 2.75) is 33.3 Å². The summed E-state index contributed by atoms with van der Waals surface area (Å²) in [6.45, 7) is 6.65. The molecule has 3 aromatic rings. The number of hydrogen-bond donors (Lipinski definition) is 0. The first-order valence-electron chi connectivity index (χ1n) is 7.75. The molecular formula is C19H20N2O2. The molecule has 0 spiro atoms. The van der Waals surface area contributed by atoms with E-state index in [9.17, 15) is 0 Å². The van der Waals surface area contributed by atoms with E-state index >= 15 is 0 Å². The van der Waals surface area contributed by atoms with Crippen LogP contribution in [0.25, 0.3) is 11.5 Å². The SMILES string of the molecule is Cc1ccccc1-c1nc(COc2ccc(C(C)C)cc2)no1. The minimum absolute atomic E-state index is 0.288. The van der Waals surface area contributed by atoms with E-state index < -0.39 is 0 Å². The first-order chi connectivity index (χ1) is 11.1. The highest BCUT2D eigenvalue weighted by atomic mass is 16.5. The fourth-order valence-electron chi connectivity index (χ4n) is 2.33. The zero-order valence-electron chi connectivity index (χ0n) is 13.6. The van der Waals surface area contributed by atoms with Gasteiger partial charge in [-0.3, -0.25) is 0 Å². The number of rotatable bonds is 5. The van der Waals surface area contributed by atoms with Crippen LogP contribution in [0.1, 0.15) is 36.7 Å². The van der Waals surface area contributed by atoms with Crippen molar-refractivity contribution in [3.05, 3.63) is 65.5 Å². The van der Waals surface area contributed by atoms with Crippen molar-refractivity contribution in [2.24, 2.45) is 0 Å². The molecule has 2 aromatic carbocycles. The third kappa shape index (κ3) is 3.59. The predicted molar refractivity (Wildman–Crippen MR) is 89.3 cm³/mol. The lowest BCUT2D eigenvalue weighted by atomic mass is 10.0. The minimum atomic E-state index is 0.288. The summed E-state index contributed by atoms with van der Waals surface area (Å²) in [6, 6.07) is 16.0. The second kappa shape index (κ2) is 6.65. The highest BCUT2D eigenvalue weighted by Gasteiger charge is 2.11. The number of hydrogen-bond acceptors (Lipinski definition) is 4. The molecule has 1 heterocycles. The summed E-state index contributed by atoms with van der Waals surface area (Å²) < 4.78 is 11.1. The van der Waals surface area contributed by atoms with Crippen LogP contribution in [0.5, 0.6) is 5.75 Å². The smallest absolute Gasteiger partial charge is 0.258 e. The predicted octanol–water partition coefficient (Wildman–Crippen LogP) is 4.75. The van der Waals surface area contributed by atoms with Crippen LogP contribution in [-0.2, 0) is 6.61 Å². The van der Waals surface area contributed by atoms with Gasteiger partial charge < -0.3 is 9.26 Å². The van der Waals surface area contributed by atoms with Crippen LogP contribution in [0.3, 0.4) is 0 Å². The van der Waals surface area contributed by atoms with E-state index in [-0.39, 0.29) is 6.61 Å². The summed E-state index contributed by atoms with van der Waals surface area (Å²) in [4.78, 5) is 4.40. The second-order valence-electron chi connectivity index (χ2n) is 5.84. The summed E-state index contributed by atoms with van der Waals surface area (Å²) >= 11 is 0. The summed E-state index contributed by atoms with van der Waals surface area (Å²) in [7, 11) is 0. The maximum atomic E-state index is 5.72. The first kappa shape index (κ1) is 15.3. The third-order valence-electron chi connectivity index (χ3n) is 3.76. The number of aryl methyl sites for hydroxylation is 1. The average molecular weight is 308 g/mol. The van der Waals surface area contributed by atoms with E-state index in [2.05, 4.69) is 36.1 Å². The zero-order valence-corrected chi connectivity index (χ0v) is 13.6. The quantitative estimate of drug-likeness (QED) is 0.682. The topological polar surface area (TPSA) is 48.2 Å². The largest absolute Gasteiger partial charge is 0.485 e. The van der Waals surface area contributed by atoms with E-state index in [1.165, 1.54) is 5.56 Å². The standard InChI is InChI=1S/C19H20N2O2/c1-13(2)15-8-10-16(11-9-15)22-12-18-20-19(23-21-18)17-7-5-4-6-14(17)3/h4-11,13H,12H2,1-3H3. The highest BCUT2D eigenvalue weighted by molar-refractivity contribution is 5.57. The van der Waals surface area contributed by atoms with Crippen LogP contribution >= 0.6 is 0 Å². The van der Waals surface area contributed by atoms with Gasteiger partial charge in [-0.2, -0.15) is 4.98 Å². The Kier molecular flexibility index (Phi) is 4.42. The second-order valence-corrected chi connectivity index (χ2v) is 5.84. The van der Waals surface area contributed by atoms with Crippen LogP contribution in [-0.4, -0.2) is 10.1 Å². The Hall–Kier alpha value is -2.62. The molecule has 0 aliphatic heterocycles. The lowest BCUT2D eigenvalue weighted by molar-refractivity contribution is 0.287. The Morgan fingerprint density at radius 1 is 1.04 bits per heavy atom. The molecule has 0 saturated heterocycles. The van der Waals surface area contributed by atoms with Gasteiger partial charge in [0, 0.05) is 5.56 Å². The summed E-state index contributed by atoms with van der Waals surface area (Å²) in [6.07, 6.45) is 0. The number of aromatic nitrogens is 2. The summed E-state index contributed by atoms with van der Waals surface area (Å²) in [5.74, 6) is 2.38. The van der Waals surface area contributed by atoms with Crippen molar-refractivity contribution in [1.29, 1.82) is 0 Å². The molecule has 118 valence electrons. The van der Waals surface area contributed by atoms with Crippen LogP contribution in [0, 0.1) is 6.92 Å². The molecule has 0 saturated carbocycles. The van der Waals surface area contributed by atoms with Gasteiger partial charge in [0.15, 0.2) is 6.61 Å². The van der Waals surface area contributed by atoms with E-state index in [0.29, 0.717) is 17.6 Å². The van der Waals surface area contributed by atoms with Crippen LogP contribution in [0.2, 0.25) is 0 Å². The molecule has 0 amide bonds. The number of nitrogens with zero attached hydrogens (tertiary/aromatic N) is 2. The van der Waals surface area contributed by atoms with Crippen molar-refractivity contribution in [2.75, 3.05) is 0 Å². The number of benzene rings is 2. The summed E-state index contributed by atoms with van der Waals surface area (Å²) in [5, 5.41) is 3.98. The Morgan fingerprint density at radius 2 is 1.78 bits per heavy atom. The van der Waals surface area contributed by atoms with Crippen molar-refractivity contribution in [1.82, 2.24) is 10.1 Å². The molecular weight excluding hydrogens is 288 g/mol. The van der Waals surface area contributed by atoms with Gasteiger partial charge in [0.25, 0.3) is 5.89 Å². The molecule has 0 aliphatic carbocycles. The Bertz CT molecular complexity index is 776.